The van der Waals surface area contributed by atoms with E-state index >= 15 is 0 Å². The van der Waals surface area contributed by atoms with Gasteiger partial charge in [0, 0.05) is 6.42 Å². The highest BCUT2D eigenvalue weighted by atomic mass is 16.3. The lowest BCUT2D eigenvalue weighted by atomic mass is 9.99. The van der Waals surface area contributed by atoms with Gasteiger partial charge in [-0.3, -0.25) is 4.79 Å². The summed E-state index contributed by atoms with van der Waals surface area (Å²) in [4.78, 5) is 11.1. The number of benzene rings is 2. The number of carbonyl (C=O) groups excluding carboxylic acids is 1. The molecule has 0 amide bonds. The molecule has 3 nitrogen and oxygen atoms in total. The summed E-state index contributed by atoms with van der Waals surface area (Å²) in [5, 5.41) is 18.7. The summed E-state index contributed by atoms with van der Waals surface area (Å²) in [6.07, 6.45) is -0.145. The van der Waals surface area contributed by atoms with Gasteiger partial charge in [-0.15, -0.1) is 0 Å². The van der Waals surface area contributed by atoms with Crippen LogP contribution in [0.15, 0.2) is 48.5 Å². The van der Waals surface area contributed by atoms with Gasteiger partial charge in [-0.2, -0.15) is 0 Å². The van der Waals surface area contributed by atoms with E-state index in [9.17, 15) is 9.90 Å². The summed E-state index contributed by atoms with van der Waals surface area (Å²) >= 11 is 0. The van der Waals surface area contributed by atoms with Crippen molar-refractivity contribution in [2.45, 2.75) is 25.9 Å². The Morgan fingerprint density at radius 3 is 2.05 bits per heavy atom. The zero-order chi connectivity index (χ0) is 15.2. The first kappa shape index (κ1) is 15.4. The summed E-state index contributed by atoms with van der Waals surface area (Å²) in [5.74, 6) is -0.245. The molecule has 2 aromatic carbocycles. The zero-order valence-corrected chi connectivity index (χ0v) is 12.1. The summed E-state index contributed by atoms with van der Waals surface area (Å²) in [7, 11) is 0. The third-order valence-electron chi connectivity index (χ3n) is 3.55. The number of rotatable bonds is 6. The van der Waals surface area contributed by atoms with Crippen LogP contribution >= 0.6 is 0 Å². The SMILES string of the molecule is Cc1ccc(-c2ccc(C(O)CCC(=O)CO)cc2)cc1. The molecule has 2 aromatic rings. The Bertz CT molecular complexity index is 585. The van der Waals surface area contributed by atoms with E-state index in [0.717, 1.165) is 16.7 Å². The number of hydrogen-bond donors (Lipinski definition) is 2. The molecule has 0 aliphatic heterocycles. The fourth-order valence-corrected chi connectivity index (χ4v) is 2.19. The largest absolute Gasteiger partial charge is 0.389 e. The average Bonchev–Trinajstić information content (AvgIpc) is 2.53. The Kier molecular flexibility index (Phi) is 5.26. The molecule has 0 bridgehead atoms. The van der Waals surface area contributed by atoms with Gasteiger partial charge in [0.25, 0.3) is 0 Å². The Hall–Kier alpha value is -1.97. The minimum atomic E-state index is -0.674. The normalized spacial score (nSPS) is 12.1. The molecule has 2 N–H and O–H groups in total. The molecule has 3 heteroatoms. The fourth-order valence-electron chi connectivity index (χ4n) is 2.19. The number of carbonyl (C=O) groups is 1. The van der Waals surface area contributed by atoms with Crippen molar-refractivity contribution in [1.82, 2.24) is 0 Å². The molecule has 0 radical (unpaired) electrons. The Balaban J connectivity index is 2.04. The van der Waals surface area contributed by atoms with Crippen LogP contribution in [-0.4, -0.2) is 22.6 Å². The van der Waals surface area contributed by atoms with E-state index in [1.165, 1.54) is 5.56 Å². The number of ketones is 1. The number of aryl methyl sites for hydroxylation is 1. The van der Waals surface area contributed by atoms with Crippen LogP contribution in [0.4, 0.5) is 0 Å². The molecule has 0 aliphatic rings. The lowest BCUT2D eigenvalue weighted by Gasteiger charge is -2.11. The van der Waals surface area contributed by atoms with Crippen molar-refractivity contribution in [3.05, 3.63) is 59.7 Å². The van der Waals surface area contributed by atoms with Crippen LogP contribution in [-0.2, 0) is 4.79 Å². The maximum atomic E-state index is 11.1. The van der Waals surface area contributed by atoms with Crippen molar-refractivity contribution in [3.8, 4) is 11.1 Å². The van der Waals surface area contributed by atoms with E-state index < -0.39 is 12.7 Å². The average molecular weight is 284 g/mol. The van der Waals surface area contributed by atoms with E-state index in [1.807, 2.05) is 24.3 Å². The van der Waals surface area contributed by atoms with Gasteiger partial charge in [0.2, 0.25) is 0 Å². The Labute approximate surface area is 124 Å². The van der Waals surface area contributed by atoms with Crippen molar-refractivity contribution in [2.75, 3.05) is 6.61 Å². The molecule has 0 heterocycles. The molecule has 0 spiro atoms. The molecule has 2 rings (SSSR count). The van der Waals surface area contributed by atoms with Crippen LogP contribution in [0.25, 0.3) is 11.1 Å². The van der Waals surface area contributed by atoms with E-state index in [2.05, 4.69) is 31.2 Å². The van der Waals surface area contributed by atoms with Gasteiger partial charge >= 0.3 is 0 Å². The third kappa shape index (κ3) is 4.25. The third-order valence-corrected chi connectivity index (χ3v) is 3.55. The molecular weight excluding hydrogens is 264 g/mol. The zero-order valence-electron chi connectivity index (χ0n) is 12.1. The van der Waals surface area contributed by atoms with Crippen molar-refractivity contribution in [3.63, 3.8) is 0 Å². The monoisotopic (exact) mass is 284 g/mol. The van der Waals surface area contributed by atoms with E-state index in [4.69, 9.17) is 5.11 Å². The maximum absolute atomic E-state index is 11.1. The summed E-state index contributed by atoms with van der Waals surface area (Å²) in [6, 6.07) is 16.0. The summed E-state index contributed by atoms with van der Waals surface area (Å²) in [5.41, 5.74) is 4.24. The second-order valence-electron chi connectivity index (χ2n) is 5.24. The van der Waals surface area contributed by atoms with Gasteiger partial charge in [0.05, 0.1) is 6.10 Å². The molecule has 21 heavy (non-hydrogen) atoms. The fraction of sp³-hybridized carbons (Fsp3) is 0.278. The van der Waals surface area contributed by atoms with Gasteiger partial charge in [0.1, 0.15) is 6.61 Å². The highest BCUT2D eigenvalue weighted by Crippen LogP contribution is 2.24. The molecule has 0 fully saturated rings. The number of hydrogen-bond acceptors (Lipinski definition) is 3. The van der Waals surface area contributed by atoms with Crippen molar-refractivity contribution < 1.29 is 15.0 Å². The van der Waals surface area contributed by atoms with Crippen molar-refractivity contribution in [2.24, 2.45) is 0 Å². The molecule has 1 atom stereocenters. The van der Waals surface area contributed by atoms with Crippen LogP contribution in [0.2, 0.25) is 0 Å². The van der Waals surface area contributed by atoms with Gasteiger partial charge < -0.3 is 10.2 Å². The molecule has 0 aromatic heterocycles. The topological polar surface area (TPSA) is 57.5 Å². The van der Waals surface area contributed by atoms with Gasteiger partial charge in [0.15, 0.2) is 5.78 Å². The van der Waals surface area contributed by atoms with Crippen LogP contribution in [0.5, 0.6) is 0 Å². The van der Waals surface area contributed by atoms with Gasteiger partial charge in [-0.05, 0) is 30.0 Å². The van der Waals surface area contributed by atoms with Crippen LogP contribution in [0.1, 0.15) is 30.1 Å². The number of aliphatic hydroxyl groups is 2. The van der Waals surface area contributed by atoms with Crippen LogP contribution in [0, 0.1) is 6.92 Å². The second-order valence-corrected chi connectivity index (χ2v) is 5.24. The minimum Gasteiger partial charge on any atom is -0.389 e. The molecule has 110 valence electrons. The van der Waals surface area contributed by atoms with Crippen molar-refractivity contribution >= 4 is 5.78 Å². The maximum Gasteiger partial charge on any atom is 0.158 e. The predicted octanol–water partition coefficient (Wildman–Crippen LogP) is 3.04. The number of Topliss-reactive ketones (excluding diaryl/α,β-unsaturated/α-hetero) is 1. The van der Waals surface area contributed by atoms with E-state index in [1.54, 1.807) is 0 Å². The van der Waals surface area contributed by atoms with Gasteiger partial charge in [-0.1, -0.05) is 54.1 Å². The second kappa shape index (κ2) is 7.16. The quantitative estimate of drug-likeness (QED) is 0.857. The highest BCUT2D eigenvalue weighted by Gasteiger charge is 2.10. The van der Waals surface area contributed by atoms with E-state index in [-0.39, 0.29) is 12.2 Å². The first-order chi connectivity index (χ1) is 10.1. The lowest BCUT2D eigenvalue weighted by molar-refractivity contribution is -0.122. The minimum absolute atomic E-state index is 0.192. The number of aliphatic hydroxyl groups excluding tert-OH is 2. The molecule has 1 unspecified atom stereocenters. The van der Waals surface area contributed by atoms with Crippen LogP contribution in [0.3, 0.4) is 0 Å². The highest BCUT2D eigenvalue weighted by molar-refractivity contribution is 5.79. The summed E-state index contributed by atoms with van der Waals surface area (Å²) < 4.78 is 0. The molecule has 0 saturated carbocycles. The van der Waals surface area contributed by atoms with Crippen LogP contribution < -0.4 is 0 Å². The first-order valence-corrected chi connectivity index (χ1v) is 7.08. The molecular formula is C18H20O3. The van der Waals surface area contributed by atoms with Crippen molar-refractivity contribution in [1.29, 1.82) is 0 Å². The smallest absolute Gasteiger partial charge is 0.158 e. The molecule has 0 saturated heterocycles. The van der Waals surface area contributed by atoms with E-state index in [0.29, 0.717) is 6.42 Å². The standard InChI is InChI=1S/C18H20O3/c1-13-2-4-14(5-3-13)15-6-8-16(9-7-15)18(21)11-10-17(20)12-19/h2-9,18-19,21H,10-12H2,1H3. The van der Waals surface area contributed by atoms with Gasteiger partial charge in [-0.25, -0.2) is 0 Å². The predicted molar refractivity (Wildman–Crippen MR) is 82.9 cm³/mol. The Morgan fingerprint density at radius 1 is 1.00 bits per heavy atom. The lowest BCUT2D eigenvalue weighted by Crippen LogP contribution is -2.06. The Morgan fingerprint density at radius 2 is 1.52 bits per heavy atom. The molecule has 0 aliphatic carbocycles. The first-order valence-electron chi connectivity index (χ1n) is 7.08. The summed E-state index contributed by atoms with van der Waals surface area (Å²) in [6.45, 7) is 1.59.